The monoisotopic (exact) mass is 437 g/mol. The van der Waals surface area contributed by atoms with Crippen molar-refractivity contribution in [2.75, 3.05) is 20.3 Å². The maximum Gasteiger partial charge on any atom is 0.248 e. The molecule has 31 heavy (non-hydrogen) atoms. The van der Waals surface area contributed by atoms with E-state index in [1.165, 1.54) is 30.1 Å². The number of nitrogens with one attached hydrogen (secondary N) is 2. The molecular formula is C22H26F3N3O3. The first-order chi connectivity index (χ1) is 14.7. The van der Waals surface area contributed by atoms with Crippen LogP contribution in [0, 0.1) is 29.0 Å². The lowest BCUT2D eigenvalue weighted by Crippen LogP contribution is -2.69. The molecular weight excluding hydrogens is 411 g/mol. The van der Waals surface area contributed by atoms with Crippen LogP contribution in [0.3, 0.4) is 0 Å². The molecule has 6 nitrogen and oxygen atoms in total. The van der Waals surface area contributed by atoms with E-state index in [0.29, 0.717) is 18.1 Å². The van der Waals surface area contributed by atoms with Crippen molar-refractivity contribution in [3.63, 3.8) is 0 Å². The van der Waals surface area contributed by atoms with E-state index in [-0.39, 0.29) is 55.5 Å². The standard InChI is InChI=1S/C22H26F3N3O3/c1-28-19(29)16-7-18(13-2-3-13)31-11-22(16,27-20(28)26)15-6-14(4-5-17(15)23)30-10-12-8-21(24,25)9-12/h4-6,12-13,16,18H,2-3,7-11H2,1H3,(H2,26,27)/t16-,18+,22+/m0/s1. The number of hydrogen-bond donors (Lipinski definition) is 2. The van der Waals surface area contributed by atoms with Crippen LogP contribution in [-0.2, 0) is 15.1 Å². The topological polar surface area (TPSA) is 74.7 Å². The van der Waals surface area contributed by atoms with E-state index in [1.54, 1.807) is 0 Å². The maximum absolute atomic E-state index is 15.1. The third-order valence-corrected chi connectivity index (χ3v) is 7.12. The smallest absolute Gasteiger partial charge is 0.248 e. The zero-order valence-corrected chi connectivity index (χ0v) is 17.3. The number of hydrogen-bond acceptors (Lipinski definition) is 4. The molecule has 1 aromatic carbocycles. The largest absolute Gasteiger partial charge is 0.493 e. The normalized spacial score (nSPS) is 32.8. The summed E-state index contributed by atoms with van der Waals surface area (Å²) in [6.45, 7) is 0.193. The summed E-state index contributed by atoms with van der Waals surface area (Å²) in [7, 11) is 1.54. The zero-order chi connectivity index (χ0) is 22.0. The van der Waals surface area contributed by atoms with Gasteiger partial charge >= 0.3 is 0 Å². The van der Waals surface area contributed by atoms with Crippen LogP contribution in [-0.4, -0.2) is 49.1 Å². The number of rotatable bonds is 5. The number of alkyl halides is 2. The fraction of sp³-hybridized carbons (Fsp3) is 0.636. The number of carbonyl (C=O) groups excluding carboxylic acids is 1. The average molecular weight is 437 g/mol. The summed E-state index contributed by atoms with van der Waals surface area (Å²) in [4.78, 5) is 14.4. The fourth-order valence-corrected chi connectivity index (χ4v) is 5.10. The Balaban J connectivity index is 1.43. The van der Waals surface area contributed by atoms with E-state index < -0.39 is 23.2 Å². The number of carbonyl (C=O) groups is 1. The number of nitrogens with zero attached hydrogens (tertiary/aromatic N) is 1. The molecule has 168 valence electrons. The lowest BCUT2D eigenvalue weighted by molar-refractivity contribution is -0.150. The Labute approximate surface area is 178 Å². The third kappa shape index (κ3) is 3.56. The molecule has 1 amide bonds. The fourth-order valence-electron chi connectivity index (χ4n) is 5.10. The van der Waals surface area contributed by atoms with E-state index in [2.05, 4.69) is 5.32 Å². The Morgan fingerprint density at radius 1 is 1.32 bits per heavy atom. The van der Waals surface area contributed by atoms with Gasteiger partial charge in [-0.15, -0.1) is 0 Å². The first-order valence-electron chi connectivity index (χ1n) is 10.7. The lowest BCUT2D eigenvalue weighted by Gasteiger charge is -2.51. The second-order valence-corrected chi connectivity index (χ2v) is 9.40. The predicted molar refractivity (Wildman–Crippen MR) is 105 cm³/mol. The maximum atomic E-state index is 15.1. The van der Waals surface area contributed by atoms with Crippen molar-refractivity contribution in [3.05, 3.63) is 29.6 Å². The van der Waals surface area contributed by atoms with Gasteiger partial charge in [0.25, 0.3) is 0 Å². The summed E-state index contributed by atoms with van der Waals surface area (Å²) >= 11 is 0. The molecule has 2 heterocycles. The highest BCUT2D eigenvalue weighted by Gasteiger charge is 2.57. The highest BCUT2D eigenvalue weighted by Crippen LogP contribution is 2.48. The Kier molecular flexibility index (Phi) is 4.73. The molecule has 2 aliphatic carbocycles. The van der Waals surface area contributed by atoms with Gasteiger partial charge in [0.1, 0.15) is 17.1 Å². The molecule has 0 radical (unpaired) electrons. The molecule has 5 rings (SSSR count). The molecule has 2 N–H and O–H groups in total. The van der Waals surface area contributed by atoms with Gasteiger partial charge in [0.2, 0.25) is 11.8 Å². The van der Waals surface area contributed by atoms with E-state index >= 15 is 4.39 Å². The van der Waals surface area contributed by atoms with Crippen LogP contribution < -0.4 is 10.1 Å². The second-order valence-electron chi connectivity index (χ2n) is 9.40. The summed E-state index contributed by atoms with van der Waals surface area (Å²) in [5, 5.41) is 11.3. The van der Waals surface area contributed by atoms with Crippen molar-refractivity contribution in [2.45, 2.75) is 49.7 Å². The van der Waals surface area contributed by atoms with Gasteiger partial charge in [-0.2, -0.15) is 0 Å². The minimum absolute atomic E-state index is 0.0488. The van der Waals surface area contributed by atoms with E-state index in [4.69, 9.17) is 14.9 Å². The van der Waals surface area contributed by atoms with Crippen molar-refractivity contribution in [2.24, 2.45) is 17.8 Å². The molecule has 4 aliphatic rings. The SMILES string of the molecule is CN1C(=N)N[C@@]2(c3cc(OCC4CC(F)(F)C4)ccc3F)CO[C@@H](C3CC3)C[C@H]2C1=O. The molecule has 2 saturated heterocycles. The van der Waals surface area contributed by atoms with Crippen LogP contribution in [0.2, 0.25) is 0 Å². The number of guanidine groups is 1. The summed E-state index contributed by atoms with van der Waals surface area (Å²) in [6.07, 6.45) is 2.12. The van der Waals surface area contributed by atoms with Gasteiger partial charge in [0.05, 0.1) is 25.2 Å². The Bertz CT molecular complexity index is 915. The van der Waals surface area contributed by atoms with Crippen molar-refractivity contribution < 1.29 is 27.4 Å². The van der Waals surface area contributed by atoms with Crippen LogP contribution in [0.4, 0.5) is 13.2 Å². The Morgan fingerprint density at radius 2 is 2.06 bits per heavy atom. The molecule has 0 unspecified atom stereocenters. The van der Waals surface area contributed by atoms with Gasteiger partial charge in [0, 0.05) is 31.4 Å². The minimum Gasteiger partial charge on any atom is -0.493 e. The molecule has 0 spiro atoms. The van der Waals surface area contributed by atoms with Crippen LogP contribution in [0.25, 0.3) is 0 Å². The van der Waals surface area contributed by atoms with Crippen LogP contribution in [0.15, 0.2) is 18.2 Å². The number of halogens is 3. The highest BCUT2D eigenvalue weighted by molar-refractivity contribution is 6.00. The number of benzene rings is 1. The minimum atomic E-state index is -2.62. The van der Waals surface area contributed by atoms with Gasteiger partial charge < -0.3 is 14.8 Å². The molecule has 2 aliphatic heterocycles. The van der Waals surface area contributed by atoms with Crippen molar-refractivity contribution in [1.82, 2.24) is 10.2 Å². The zero-order valence-electron chi connectivity index (χ0n) is 17.3. The van der Waals surface area contributed by atoms with E-state index in [9.17, 15) is 13.6 Å². The van der Waals surface area contributed by atoms with Gasteiger partial charge in [-0.25, -0.2) is 13.2 Å². The molecule has 3 atom stereocenters. The number of amides is 1. The molecule has 0 aromatic heterocycles. The summed E-state index contributed by atoms with van der Waals surface area (Å²) < 4.78 is 53.0. The van der Waals surface area contributed by atoms with Crippen LogP contribution >= 0.6 is 0 Å². The molecule has 9 heteroatoms. The van der Waals surface area contributed by atoms with E-state index in [1.807, 2.05) is 0 Å². The Morgan fingerprint density at radius 3 is 2.74 bits per heavy atom. The van der Waals surface area contributed by atoms with Crippen molar-refractivity contribution >= 4 is 11.9 Å². The van der Waals surface area contributed by atoms with Crippen LogP contribution in [0.1, 0.15) is 37.7 Å². The van der Waals surface area contributed by atoms with Gasteiger partial charge in [-0.3, -0.25) is 15.1 Å². The first kappa shape index (κ1) is 20.6. The quantitative estimate of drug-likeness (QED) is 0.742. The predicted octanol–water partition coefficient (Wildman–Crippen LogP) is 3.26. The summed E-state index contributed by atoms with van der Waals surface area (Å²) in [5.74, 6) is -3.54. The van der Waals surface area contributed by atoms with Gasteiger partial charge in [0.15, 0.2) is 5.96 Å². The first-order valence-corrected chi connectivity index (χ1v) is 10.7. The molecule has 1 aromatic rings. The molecule has 0 bridgehead atoms. The summed E-state index contributed by atoms with van der Waals surface area (Å²) in [5.41, 5.74) is -1.01. The summed E-state index contributed by atoms with van der Waals surface area (Å²) in [6, 6.07) is 4.23. The third-order valence-electron chi connectivity index (χ3n) is 7.12. The van der Waals surface area contributed by atoms with Crippen LogP contribution in [0.5, 0.6) is 5.75 Å². The lowest BCUT2D eigenvalue weighted by atomic mass is 9.71. The second kappa shape index (κ2) is 7.12. The average Bonchev–Trinajstić information content (AvgIpc) is 3.55. The van der Waals surface area contributed by atoms with Gasteiger partial charge in [-0.05, 0) is 43.4 Å². The highest BCUT2D eigenvalue weighted by atomic mass is 19.3. The van der Waals surface area contributed by atoms with Crippen molar-refractivity contribution in [1.29, 1.82) is 5.41 Å². The molecule has 2 saturated carbocycles. The number of fused-ring (bicyclic) bond motifs is 1. The van der Waals surface area contributed by atoms with E-state index in [0.717, 1.165) is 12.8 Å². The molecule has 4 fully saturated rings. The number of ether oxygens (including phenoxy) is 2. The van der Waals surface area contributed by atoms with Gasteiger partial charge in [-0.1, -0.05) is 0 Å². The Hall–Kier alpha value is -2.29. The van der Waals surface area contributed by atoms with Crippen molar-refractivity contribution in [3.8, 4) is 5.75 Å².